The van der Waals surface area contributed by atoms with Crippen LogP contribution >= 0.6 is 0 Å². The molecule has 5 atom stereocenters. The summed E-state index contributed by atoms with van der Waals surface area (Å²) in [6.45, 7) is 6.54. The van der Waals surface area contributed by atoms with Crippen LogP contribution in [0.1, 0.15) is 39.0 Å². The van der Waals surface area contributed by atoms with E-state index in [2.05, 4.69) is 6.92 Å². The van der Waals surface area contributed by atoms with Crippen molar-refractivity contribution in [1.82, 2.24) is 0 Å². The SMILES string of the molecule is CC1(C)CC2(C)COC(c3ccccc3)OC2C(O)C1O. The predicted octanol–water partition coefficient (Wildman–Crippen LogP) is 2.26. The number of rotatable bonds is 1. The van der Waals surface area contributed by atoms with E-state index in [1.807, 2.05) is 44.2 Å². The highest BCUT2D eigenvalue weighted by atomic mass is 16.7. The van der Waals surface area contributed by atoms with Crippen molar-refractivity contribution in [3.05, 3.63) is 35.9 Å². The first-order valence-corrected chi connectivity index (χ1v) is 7.52. The largest absolute Gasteiger partial charge is 0.390 e. The summed E-state index contributed by atoms with van der Waals surface area (Å²) in [5.74, 6) is 0. The van der Waals surface area contributed by atoms with Crippen molar-refractivity contribution in [1.29, 1.82) is 0 Å². The Labute approximate surface area is 125 Å². The predicted molar refractivity (Wildman–Crippen MR) is 78.5 cm³/mol. The van der Waals surface area contributed by atoms with Crippen molar-refractivity contribution in [2.45, 2.75) is 51.8 Å². The Hall–Kier alpha value is -0.940. The van der Waals surface area contributed by atoms with Gasteiger partial charge in [-0.2, -0.15) is 0 Å². The van der Waals surface area contributed by atoms with Gasteiger partial charge in [0.25, 0.3) is 0 Å². The van der Waals surface area contributed by atoms with Gasteiger partial charge >= 0.3 is 0 Å². The monoisotopic (exact) mass is 292 g/mol. The van der Waals surface area contributed by atoms with Gasteiger partial charge in [-0.15, -0.1) is 0 Å². The molecule has 2 fully saturated rings. The van der Waals surface area contributed by atoms with Gasteiger partial charge in [0, 0.05) is 11.0 Å². The van der Waals surface area contributed by atoms with Crippen LogP contribution in [-0.2, 0) is 9.47 Å². The zero-order valence-electron chi connectivity index (χ0n) is 12.8. The van der Waals surface area contributed by atoms with Crippen molar-refractivity contribution >= 4 is 0 Å². The molecule has 4 nitrogen and oxygen atoms in total. The third kappa shape index (κ3) is 2.50. The van der Waals surface area contributed by atoms with E-state index in [-0.39, 0.29) is 10.8 Å². The quantitative estimate of drug-likeness (QED) is 0.833. The molecule has 1 saturated heterocycles. The second-order valence-electron chi connectivity index (χ2n) is 7.37. The van der Waals surface area contributed by atoms with Gasteiger partial charge in [-0.05, 0) is 11.8 Å². The zero-order chi connectivity index (χ0) is 15.3. The molecule has 1 aromatic carbocycles. The summed E-state index contributed by atoms with van der Waals surface area (Å²) in [7, 11) is 0. The van der Waals surface area contributed by atoms with Crippen molar-refractivity contribution < 1.29 is 19.7 Å². The molecule has 1 heterocycles. The fourth-order valence-corrected chi connectivity index (χ4v) is 3.89. The molecule has 116 valence electrons. The van der Waals surface area contributed by atoms with E-state index in [4.69, 9.17) is 9.47 Å². The number of aliphatic hydroxyl groups is 2. The number of hydrogen-bond donors (Lipinski definition) is 2. The summed E-state index contributed by atoms with van der Waals surface area (Å²) in [4.78, 5) is 0. The van der Waals surface area contributed by atoms with Gasteiger partial charge in [0.1, 0.15) is 6.10 Å². The molecule has 0 radical (unpaired) electrons. The normalized spacial score (nSPS) is 42.3. The lowest BCUT2D eigenvalue weighted by atomic mass is 9.60. The molecule has 1 saturated carbocycles. The smallest absolute Gasteiger partial charge is 0.184 e. The van der Waals surface area contributed by atoms with E-state index >= 15 is 0 Å². The number of benzene rings is 1. The first-order chi connectivity index (χ1) is 9.83. The molecule has 0 bridgehead atoms. The molecular formula is C17H24O4. The number of fused-ring (bicyclic) bond motifs is 1. The van der Waals surface area contributed by atoms with E-state index in [1.54, 1.807) is 0 Å². The van der Waals surface area contributed by atoms with E-state index < -0.39 is 24.6 Å². The highest BCUT2D eigenvalue weighted by molar-refractivity contribution is 5.17. The lowest BCUT2D eigenvalue weighted by Gasteiger charge is -2.55. The minimum atomic E-state index is -0.895. The fraction of sp³-hybridized carbons (Fsp3) is 0.647. The Morgan fingerprint density at radius 2 is 1.76 bits per heavy atom. The van der Waals surface area contributed by atoms with E-state index in [0.29, 0.717) is 6.61 Å². The van der Waals surface area contributed by atoms with Crippen LogP contribution in [0.25, 0.3) is 0 Å². The minimum absolute atomic E-state index is 0.284. The molecule has 2 aliphatic rings. The van der Waals surface area contributed by atoms with Crippen LogP contribution in [0.15, 0.2) is 30.3 Å². The molecule has 5 unspecified atom stereocenters. The van der Waals surface area contributed by atoms with Crippen LogP contribution in [-0.4, -0.2) is 35.1 Å². The molecule has 21 heavy (non-hydrogen) atoms. The molecule has 0 amide bonds. The van der Waals surface area contributed by atoms with Crippen molar-refractivity contribution in [2.75, 3.05) is 6.61 Å². The van der Waals surface area contributed by atoms with Gasteiger partial charge in [-0.3, -0.25) is 0 Å². The van der Waals surface area contributed by atoms with Crippen LogP contribution in [0.2, 0.25) is 0 Å². The number of ether oxygens (including phenoxy) is 2. The highest BCUT2D eigenvalue weighted by Crippen LogP contribution is 2.51. The van der Waals surface area contributed by atoms with Gasteiger partial charge in [0.15, 0.2) is 6.29 Å². The summed E-state index contributed by atoms with van der Waals surface area (Å²) in [6, 6.07) is 9.71. The molecule has 3 rings (SSSR count). The molecule has 1 aliphatic carbocycles. The van der Waals surface area contributed by atoms with Crippen LogP contribution in [0.5, 0.6) is 0 Å². The second-order valence-corrected chi connectivity index (χ2v) is 7.37. The minimum Gasteiger partial charge on any atom is -0.390 e. The Kier molecular flexibility index (Phi) is 3.61. The molecule has 4 heteroatoms. The standard InChI is InChI=1S/C17H24O4/c1-16(2)9-17(3)10-20-15(11-7-5-4-6-8-11)21-14(17)12(18)13(16)19/h4-8,12-15,18-19H,9-10H2,1-3H3. The number of aliphatic hydroxyl groups excluding tert-OH is 2. The third-order valence-electron chi connectivity index (χ3n) is 4.89. The first kappa shape index (κ1) is 15.0. The maximum absolute atomic E-state index is 10.5. The van der Waals surface area contributed by atoms with E-state index in [9.17, 15) is 10.2 Å². The Morgan fingerprint density at radius 3 is 2.43 bits per heavy atom. The topological polar surface area (TPSA) is 58.9 Å². The van der Waals surface area contributed by atoms with Crippen LogP contribution in [0, 0.1) is 10.8 Å². The Bertz CT molecular complexity index is 501. The Balaban J connectivity index is 1.85. The van der Waals surface area contributed by atoms with Crippen LogP contribution in [0.3, 0.4) is 0 Å². The second kappa shape index (κ2) is 5.06. The maximum Gasteiger partial charge on any atom is 0.184 e. The van der Waals surface area contributed by atoms with Gasteiger partial charge in [-0.25, -0.2) is 0 Å². The first-order valence-electron chi connectivity index (χ1n) is 7.52. The van der Waals surface area contributed by atoms with Gasteiger partial charge in [-0.1, -0.05) is 51.1 Å². The molecular weight excluding hydrogens is 268 g/mol. The summed E-state index contributed by atoms with van der Waals surface area (Å²) < 4.78 is 11.9. The van der Waals surface area contributed by atoms with E-state index in [1.165, 1.54) is 0 Å². The Morgan fingerprint density at radius 1 is 1.10 bits per heavy atom. The molecule has 1 aliphatic heterocycles. The summed E-state index contributed by atoms with van der Waals surface area (Å²) >= 11 is 0. The lowest BCUT2D eigenvalue weighted by molar-refractivity contribution is -0.322. The van der Waals surface area contributed by atoms with Crippen molar-refractivity contribution in [3.63, 3.8) is 0 Å². The zero-order valence-corrected chi connectivity index (χ0v) is 12.8. The van der Waals surface area contributed by atoms with Crippen LogP contribution in [0.4, 0.5) is 0 Å². The average molecular weight is 292 g/mol. The number of hydrogen-bond acceptors (Lipinski definition) is 4. The molecule has 0 aromatic heterocycles. The van der Waals surface area contributed by atoms with Gasteiger partial charge in [0.2, 0.25) is 0 Å². The summed E-state index contributed by atoms with van der Waals surface area (Å²) in [5, 5.41) is 20.9. The maximum atomic E-state index is 10.5. The fourth-order valence-electron chi connectivity index (χ4n) is 3.89. The summed E-state index contributed by atoms with van der Waals surface area (Å²) in [5.41, 5.74) is 0.302. The van der Waals surface area contributed by atoms with E-state index in [0.717, 1.165) is 12.0 Å². The average Bonchev–Trinajstić information content (AvgIpc) is 2.45. The van der Waals surface area contributed by atoms with Crippen molar-refractivity contribution in [2.24, 2.45) is 10.8 Å². The van der Waals surface area contributed by atoms with Gasteiger partial charge in [0.05, 0.1) is 18.8 Å². The molecule has 1 aromatic rings. The van der Waals surface area contributed by atoms with Crippen LogP contribution < -0.4 is 0 Å². The van der Waals surface area contributed by atoms with Crippen molar-refractivity contribution in [3.8, 4) is 0 Å². The third-order valence-corrected chi connectivity index (χ3v) is 4.89. The molecule has 0 spiro atoms. The highest BCUT2D eigenvalue weighted by Gasteiger charge is 2.56. The lowest BCUT2D eigenvalue weighted by Crippen LogP contribution is -2.63. The summed E-state index contributed by atoms with van der Waals surface area (Å²) in [6.07, 6.45) is -1.82. The molecule has 2 N–H and O–H groups in total. The van der Waals surface area contributed by atoms with Gasteiger partial charge < -0.3 is 19.7 Å².